The van der Waals surface area contributed by atoms with Gasteiger partial charge in [0, 0.05) is 17.8 Å². The normalized spacial score (nSPS) is 10.8. The highest BCUT2D eigenvalue weighted by Gasteiger charge is 2.13. The molecule has 0 aliphatic carbocycles. The summed E-state index contributed by atoms with van der Waals surface area (Å²) >= 11 is 0. The van der Waals surface area contributed by atoms with E-state index in [0.29, 0.717) is 5.82 Å². The van der Waals surface area contributed by atoms with Gasteiger partial charge in [-0.1, -0.05) is 30.3 Å². The van der Waals surface area contributed by atoms with Gasteiger partial charge in [0.15, 0.2) is 11.7 Å². The predicted octanol–water partition coefficient (Wildman–Crippen LogP) is 3.57. The molecule has 0 saturated carbocycles. The summed E-state index contributed by atoms with van der Waals surface area (Å²) in [6.07, 6.45) is 1.89. The molecule has 2 heterocycles. The first-order valence-corrected chi connectivity index (χ1v) is 6.85. The molecule has 4 nitrogen and oxygen atoms in total. The highest BCUT2D eigenvalue weighted by atomic mass is 16.3. The smallest absolute Gasteiger partial charge is 0.197 e. The van der Waals surface area contributed by atoms with Crippen LogP contribution in [0.5, 0.6) is 5.88 Å². The fourth-order valence-electron chi connectivity index (χ4n) is 2.34. The molecule has 3 aromatic rings. The van der Waals surface area contributed by atoms with Crippen molar-refractivity contribution in [3.05, 3.63) is 59.7 Å². The van der Waals surface area contributed by atoms with Gasteiger partial charge < -0.3 is 5.11 Å². The fraction of sp³-hybridized carbons (Fsp3) is 0.176. The van der Waals surface area contributed by atoms with Gasteiger partial charge in [0.2, 0.25) is 0 Å². The summed E-state index contributed by atoms with van der Waals surface area (Å²) in [4.78, 5) is 9.03. The van der Waals surface area contributed by atoms with Crippen molar-refractivity contribution >= 4 is 0 Å². The lowest BCUT2D eigenvalue weighted by Gasteiger charge is -2.09. The van der Waals surface area contributed by atoms with Crippen molar-refractivity contribution in [3.8, 4) is 22.8 Å². The van der Waals surface area contributed by atoms with E-state index < -0.39 is 0 Å². The summed E-state index contributed by atoms with van der Waals surface area (Å²) in [7, 11) is 0. The van der Waals surface area contributed by atoms with Crippen LogP contribution in [0.15, 0.2) is 42.6 Å². The van der Waals surface area contributed by atoms with E-state index in [4.69, 9.17) is 0 Å². The summed E-state index contributed by atoms with van der Waals surface area (Å²) in [6, 6.07) is 11.7. The molecule has 0 aliphatic rings. The molecule has 0 radical (unpaired) electrons. The third-order valence-electron chi connectivity index (χ3n) is 3.59. The number of aromatic nitrogens is 3. The second-order valence-electron chi connectivity index (χ2n) is 5.13. The summed E-state index contributed by atoms with van der Waals surface area (Å²) in [5.41, 5.74) is 4.58. The van der Waals surface area contributed by atoms with Crippen molar-refractivity contribution in [2.75, 3.05) is 0 Å². The number of hydrogen-bond donors (Lipinski definition) is 1. The first-order valence-electron chi connectivity index (χ1n) is 6.85. The molecule has 1 N–H and O–H groups in total. The van der Waals surface area contributed by atoms with Gasteiger partial charge >= 0.3 is 0 Å². The molecule has 1 aromatic carbocycles. The molecule has 4 heteroatoms. The Morgan fingerprint density at radius 1 is 0.857 bits per heavy atom. The minimum Gasteiger partial charge on any atom is -0.494 e. The van der Waals surface area contributed by atoms with E-state index in [9.17, 15) is 5.11 Å². The molecule has 0 fully saturated rings. The van der Waals surface area contributed by atoms with Gasteiger partial charge in [-0.05, 0) is 26.3 Å². The van der Waals surface area contributed by atoms with Crippen LogP contribution in [0, 0.1) is 20.8 Å². The summed E-state index contributed by atoms with van der Waals surface area (Å²) < 4.78 is 1.68. The Labute approximate surface area is 123 Å². The van der Waals surface area contributed by atoms with Crippen molar-refractivity contribution in [1.82, 2.24) is 14.5 Å². The van der Waals surface area contributed by atoms with Crippen molar-refractivity contribution in [2.24, 2.45) is 0 Å². The lowest BCUT2D eigenvalue weighted by Crippen LogP contribution is -2.04. The minimum atomic E-state index is 0.162. The number of aryl methyl sites for hydroxylation is 3. The lowest BCUT2D eigenvalue weighted by molar-refractivity contribution is 0.441. The number of benzene rings is 1. The highest BCUT2D eigenvalue weighted by Crippen LogP contribution is 2.28. The molecule has 21 heavy (non-hydrogen) atoms. The number of aromatic hydroxyl groups is 1. The van der Waals surface area contributed by atoms with Gasteiger partial charge in [-0.3, -0.25) is 9.55 Å². The van der Waals surface area contributed by atoms with Gasteiger partial charge in [-0.2, -0.15) is 0 Å². The van der Waals surface area contributed by atoms with Gasteiger partial charge in [-0.15, -0.1) is 0 Å². The Balaban J connectivity index is 2.13. The first kappa shape index (κ1) is 13.4. The Kier molecular flexibility index (Phi) is 3.22. The van der Waals surface area contributed by atoms with Crippen LogP contribution in [0.1, 0.15) is 17.1 Å². The highest BCUT2D eigenvalue weighted by molar-refractivity contribution is 5.65. The molecule has 2 aromatic heterocycles. The van der Waals surface area contributed by atoms with Crippen LogP contribution >= 0.6 is 0 Å². The third kappa shape index (κ3) is 2.40. The lowest BCUT2D eigenvalue weighted by atomic mass is 10.1. The van der Waals surface area contributed by atoms with E-state index in [1.165, 1.54) is 0 Å². The maximum Gasteiger partial charge on any atom is 0.197 e. The quantitative estimate of drug-likeness (QED) is 0.780. The van der Waals surface area contributed by atoms with Gasteiger partial charge in [0.1, 0.15) is 0 Å². The number of hydrogen-bond acceptors (Lipinski definition) is 3. The Morgan fingerprint density at radius 3 is 2.24 bits per heavy atom. The van der Waals surface area contributed by atoms with Crippen molar-refractivity contribution in [3.63, 3.8) is 0 Å². The van der Waals surface area contributed by atoms with E-state index in [1.54, 1.807) is 10.6 Å². The molecule has 0 amide bonds. The largest absolute Gasteiger partial charge is 0.494 e. The van der Waals surface area contributed by atoms with Crippen molar-refractivity contribution in [2.45, 2.75) is 20.8 Å². The Morgan fingerprint density at radius 2 is 1.52 bits per heavy atom. The maximum absolute atomic E-state index is 10.2. The number of nitrogens with zero attached hydrogens (tertiary/aromatic N) is 3. The SMILES string of the molecule is Cc1nc(C)c(-n2cc(-c3ccccc3)cc2O)nc1C. The zero-order valence-corrected chi connectivity index (χ0v) is 12.3. The predicted molar refractivity (Wildman–Crippen MR) is 82.7 cm³/mol. The first-order chi connectivity index (χ1) is 10.1. The molecule has 0 bridgehead atoms. The average Bonchev–Trinajstić information content (AvgIpc) is 2.86. The van der Waals surface area contributed by atoms with Gasteiger partial charge in [-0.25, -0.2) is 4.98 Å². The summed E-state index contributed by atoms with van der Waals surface area (Å²) in [5, 5.41) is 10.2. The molecule has 0 aliphatic heterocycles. The van der Waals surface area contributed by atoms with Crippen LogP contribution in [-0.2, 0) is 0 Å². The van der Waals surface area contributed by atoms with Crippen LogP contribution < -0.4 is 0 Å². The number of rotatable bonds is 2. The zero-order valence-electron chi connectivity index (χ0n) is 12.3. The van der Waals surface area contributed by atoms with Gasteiger partial charge in [0.05, 0.1) is 17.1 Å². The molecule has 0 spiro atoms. The van der Waals surface area contributed by atoms with Crippen molar-refractivity contribution < 1.29 is 5.11 Å². The second-order valence-corrected chi connectivity index (χ2v) is 5.13. The van der Waals surface area contributed by atoms with Crippen LogP contribution in [-0.4, -0.2) is 19.6 Å². The molecular weight excluding hydrogens is 262 g/mol. The molecule has 106 valence electrons. The van der Waals surface area contributed by atoms with Crippen molar-refractivity contribution in [1.29, 1.82) is 0 Å². The monoisotopic (exact) mass is 279 g/mol. The molecule has 0 unspecified atom stereocenters. The Bertz CT molecular complexity index is 791. The van der Waals surface area contributed by atoms with E-state index in [-0.39, 0.29) is 5.88 Å². The molecule has 0 atom stereocenters. The zero-order chi connectivity index (χ0) is 15.0. The fourth-order valence-corrected chi connectivity index (χ4v) is 2.34. The molecule has 0 saturated heterocycles. The van der Waals surface area contributed by atoms with Crippen LogP contribution in [0.4, 0.5) is 0 Å². The summed E-state index contributed by atoms with van der Waals surface area (Å²) in [5.74, 6) is 0.826. The van der Waals surface area contributed by atoms with Crippen LogP contribution in [0.2, 0.25) is 0 Å². The Hall–Kier alpha value is -2.62. The topological polar surface area (TPSA) is 50.9 Å². The summed E-state index contributed by atoms with van der Waals surface area (Å²) in [6.45, 7) is 5.75. The second kappa shape index (κ2) is 5.05. The standard InChI is InChI=1S/C17H17N3O/c1-11-12(2)19-17(13(3)18-11)20-10-15(9-16(20)21)14-7-5-4-6-8-14/h4-10,21H,1-3H3. The van der Waals surface area contributed by atoms with Crippen LogP contribution in [0.25, 0.3) is 16.9 Å². The molecule has 3 rings (SSSR count). The minimum absolute atomic E-state index is 0.162. The van der Waals surface area contributed by atoms with Gasteiger partial charge in [0.25, 0.3) is 0 Å². The maximum atomic E-state index is 10.2. The third-order valence-corrected chi connectivity index (χ3v) is 3.59. The van der Waals surface area contributed by atoms with Crippen LogP contribution in [0.3, 0.4) is 0 Å². The molecular formula is C17H17N3O. The van der Waals surface area contributed by atoms with E-state index >= 15 is 0 Å². The van der Waals surface area contributed by atoms with E-state index in [2.05, 4.69) is 9.97 Å². The van der Waals surface area contributed by atoms with E-state index in [1.807, 2.05) is 57.3 Å². The average molecular weight is 279 g/mol. The van der Waals surface area contributed by atoms with E-state index in [0.717, 1.165) is 28.2 Å².